The lowest BCUT2D eigenvalue weighted by Crippen LogP contribution is -2.44. The van der Waals surface area contributed by atoms with Crippen LogP contribution in [0.25, 0.3) is 0 Å². The molecule has 3 N–H and O–H groups in total. The number of hydrogen-bond acceptors (Lipinski definition) is 3. The lowest BCUT2D eigenvalue weighted by molar-refractivity contribution is -0.0505. The van der Waals surface area contributed by atoms with Crippen LogP contribution in [0.4, 0.5) is 0 Å². The van der Waals surface area contributed by atoms with E-state index in [-0.39, 0.29) is 5.41 Å². The number of rotatable bonds is 0. The number of phenolic OH excluding ortho intramolecular Hbond substituents is 1. The Morgan fingerprint density at radius 1 is 1.23 bits per heavy atom. The molecule has 0 saturated heterocycles. The highest BCUT2D eigenvalue weighted by Gasteiger charge is 2.57. The van der Waals surface area contributed by atoms with Gasteiger partial charge in [0.2, 0.25) is 0 Å². The third-order valence-corrected chi connectivity index (χ3v) is 8.00. The van der Waals surface area contributed by atoms with E-state index in [0.29, 0.717) is 23.5 Å². The number of fused-ring (bicyclic) bond motifs is 5. The van der Waals surface area contributed by atoms with Gasteiger partial charge in [-0.25, -0.2) is 0 Å². The molecule has 22 heavy (non-hydrogen) atoms. The number of aromatic hydroxyl groups is 1. The van der Waals surface area contributed by atoms with Crippen LogP contribution in [0.15, 0.2) is 12.1 Å². The quantitative estimate of drug-likeness (QED) is 0.572. The molecule has 1 aromatic rings. The van der Waals surface area contributed by atoms with Crippen LogP contribution in [0.3, 0.4) is 0 Å². The molecule has 2 saturated carbocycles. The van der Waals surface area contributed by atoms with Crippen LogP contribution >= 0.6 is 22.6 Å². The molecule has 6 atom stereocenters. The summed E-state index contributed by atoms with van der Waals surface area (Å²) < 4.78 is 1.01. The fraction of sp³-hybridized carbons (Fsp3) is 0.667. The first-order valence-corrected chi connectivity index (χ1v) is 9.37. The Morgan fingerprint density at radius 2 is 2.00 bits per heavy atom. The van der Waals surface area contributed by atoms with Crippen molar-refractivity contribution in [2.24, 2.45) is 17.3 Å². The zero-order valence-electron chi connectivity index (χ0n) is 12.8. The second-order valence-electron chi connectivity index (χ2n) is 7.67. The zero-order chi connectivity index (χ0) is 15.6. The van der Waals surface area contributed by atoms with Gasteiger partial charge in [0.05, 0.1) is 15.8 Å². The monoisotopic (exact) mass is 414 g/mol. The summed E-state index contributed by atoms with van der Waals surface area (Å²) in [6.07, 6.45) is 3.78. The van der Waals surface area contributed by atoms with Crippen molar-refractivity contribution in [2.75, 3.05) is 0 Å². The van der Waals surface area contributed by atoms with Gasteiger partial charge < -0.3 is 15.3 Å². The van der Waals surface area contributed by atoms with Crippen LogP contribution < -0.4 is 0 Å². The molecule has 0 unspecified atom stereocenters. The number of hydrogen-bond donors (Lipinski definition) is 3. The molecular formula is C18H23IO3. The second-order valence-corrected chi connectivity index (χ2v) is 8.75. The lowest BCUT2D eigenvalue weighted by Gasteiger charge is -2.50. The average molecular weight is 414 g/mol. The summed E-state index contributed by atoms with van der Waals surface area (Å²) in [7, 11) is 0. The van der Waals surface area contributed by atoms with Crippen molar-refractivity contribution >= 4 is 22.6 Å². The molecule has 0 bridgehead atoms. The van der Waals surface area contributed by atoms with Gasteiger partial charge in [0.25, 0.3) is 0 Å². The standard InChI is InChI=1S/C18H23IO3/c1-18-7-6-10-9-4-5-14(20)16(19)12(9)3-2-11(10)13(18)8-15(21)17(18)22/h4-5,10-11,13,15,17,20-22H,2-3,6-8H2,1H3/t10-,11-,13+,15-,17+,18+/m1/s1. The second kappa shape index (κ2) is 5.08. The van der Waals surface area contributed by atoms with Crippen LogP contribution in [0.2, 0.25) is 0 Å². The highest BCUT2D eigenvalue weighted by atomic mass is 127. The van der Waals surface area contributed by atoms with Crippen LogP contribution in [0, 0.1) is 20.8 Å². The van der Waals surface area contributed by atoms with Gasteiger partial charge in [-0.1, -0.05) is 13.0 Å². The van der Waals surface area contributed by atoms with Gasteiger partial charge in [-0.2, -0.15) is 0 Å². The van der Waals surface area contributed by atoms with E-state index < -0.39 is 12.2 Å². The predicted octanol–water partition coefficient (Wildman–Crippen LogP) is 3.18. The number of aliphatic hydroxyl groups excluding tert-OH is 2. The van der Waals surface area contributed by atoms with E-state index in [0.717, 1.165) is 35.7 Å². The molecule has 0 aliphatic heterocycles. The van der Waals surface area contributed by atoms with Gasteiger partial charge >= 0.3 is 0 Å². The summed E-state index contributed by atoms with van der Waals surface area (Å²) >= 11 is 2.26. The summed E-state index contributed by atoms with van der Waals surface area (Å²) in [4.78, 5) is 0. The summed E-state index contributed by atoms with van der Waals surface area (Å²) in [6, 6.07) is 3.93. The van der Waals surface area contributed by atoms with Crippen molar-refractivity contribution in [3.05, 3.63) is 26.8 Å². The van der Waals surface area contributed by atoms with Crippen molar-refractivity contribution in [1.82, 2.24) is 0 Å². The summed E-state index contributed by atoms with van der Waals surface area (Å²) in [5.74, 6) is 1.88. The van der Waals surface area contributed by atoms with Gasteiger partial charge in [0.15, 0.2) is 0 Å². The van der Waals surface area contributed by atoms with Crippen LogP contribution in [-0.4, -0.2) is 27.5 Å². The zero-order valence-corrected chi connectivity index (χ0v) is 15.0. The van der Waals surface area contributed by atoms with Crippen LogP contribution in [-0.2, 0) is 6.42 Å². The molecule has 3 aliphatic rings. The molecule has 0 amide bonds. The van der Waals surface area contributed by atoms with E-state index in [1.807, 2.05) is 6.07 Å². The third kappa shape index (κ3) is 1.93. The topological polar surface area (TPSA) is 60.7 Å². The van der Waals surface area contributed by atoms with Gasteiger partial charge in [-0.15, -0.1) is 0 Å². The molecule has 3 aliphatic carbocycles. The van der Waals surface area contributed by atoms with Gasteiger partial charge in [0.1, 0.15) is 5.75 Å². The fourth-order valence-electron chi connectivity index (χ4n) is 5.60. The van der Waals surface area contributed by atoms with Gasteiger partial charge in [0, 0.05) is 0 Å². The van der Waals surface area contributed by atoms with Crippen molar-refractivity contribution in [1.29, 1.82) is 0 Å². The predicted molar refractivity (Wildman–Crippen MR) is 92.8 cm³/mol. The van der Waals surface area contributed by atoms with E-state index >= 15 is 0 Å². The summed E-state index contributed by atoms with van der Waals surface area (Å²) in [5.41, 5.74) is 2.60. The molecule has 0 spiro atoms. The molecule has 4 rings (SSSR count). The van der Waals surface area contributed by atoms with Crippen molar-refractivity contribution in [2.45, 2.75) is 57.2 Å². The molecule has 120 valence electrons. The number of aliphatic hydroxyl groups is 2. The van der Waals surface area contributed by atoms with E-state index in [9.17, 15) is 15.3 Å². The summed E-state index contributed by atoms with van der Waals surface area (Å²) in [6.45, 7) is 2.17. The Morgan fingerprint density at radius 3 is 2.77 bits per heavy atom. The van der Waals surface area contributed by atoms with E-state index in [1.54, 1.807) is 0 Å². The first-order valence-electron chi connectivity index (χ1n) is 8.30. The third-order valence-electron chi connectivity index (χ3n) is 6.80. The first kappa shape index (κ1) is 15.2. The maximum atomic E-state index is 10.4. The SMILES string of the molecule is C[C@]12CC[C@@H]3c4ccc(O)c(I)c4CC[C@H]3[C@@H]1C[C@@H](O)[C@@H]2O. The first-order chi connectivity index (χ1) is 10.4. The number of halogens is 1. The molecule has 4 heteroatoms. The molecule has 1 aromatic carbocycles. The molecule has 0 aromatic heterocycles. The summed E-state index contributed by atoms with van der Waals surface area (Å²) in [5, 5.41) is 30.6. The Kier molecular flexibility index (Phi) is 3.51. The molecule has 0 heterocycles. The maximum absolute atomic E-state index is 10.4. The minimum absolute atomic E-state index is 0.123. The Balaban J connectivity index is 1.73. The highest BCUT2D eigenvalue weighted by Crippen LogP contribution is 2.61. The van der Waals surface area contributed by atoms with Gasteiger partial charge in [-0.3, -0.25) is 0 Å². The largest absolute Gasteiger partial charge is 0.507 e. The Bertz CT molecular complexity index is 617. The normalized spacial score (nSPS) is 43.4. The fourth-order valence-corrected chi connectivity index (χ4v) is 6.36. The van der Waals surface area contributed by atoms with E-state index in [4.69, 9.17) is 0 Å². The van der Waals surface area contributed by atoms with E-state index in [1.165, 1.54) is 11.1 Å². The lowest BCUT2D eigenvalue weighted by atomic mass is 9.55. The molecule has 3 nitrogen and oxygen atoms in total. The van der Waals surface area contributed by atoms with Crippen molar-refractivity contribution in [3.8, 4) is 5.75 Å². The van der Waals surface area contributed by atoms with Crippen molar-refractivity contribution in [3.63, 3.8) is 0 Å². The van der Waals surface area contributed by atoms with Gasteiger partial charge in [-0.05, 0) is 95.1 Å². The average Bonchev–Trinajstić information content (AvgIpc) is 2.74. The minimum atomic E-state index is -0.570. The number of phenols is 1. The molecule has 0 radical (unpaired) electrons. The molecule has 2 fully saturated rings. The highest BCUT2D eigenvalue weighted by molar-refractivity contribution is 14.1. The maximum Gasteiger partial charge on any atom is 0.129 e. The Labute approximate surface area is 144 Å². The van der Waals surface area contributed by atoms with Crippen LogP contribution in [0.1, 0.15) is 49.7 Å². The number of benzene rings is 1. The molecular weight excluding hydrogens is 391 g/mol. The van der Waals surface area contributed by atoms with Crippen molar-refractivity contribution < 1.29 is 15.3 Å². The minimum Gasteiger partial charge on any atom is -0.507 e. The van der Waals surface area contributed by atoms with Crippen LogP contribution in [0.5, 0.6) is 5.75 Å². The smallest absolute Gasteiger partial charge is 0.129 e. The van der Waals surface area contributed by atoms with E-state index in [2.05, 4.69) is 35.6 Å². The Hall–Kier alpha value is -0.330.